The number of carboxylic acids is 1. The van der Waals surface area contributed by atoms with Crippen molar-refractivity contribution in [1.82, 2.24) is 9.29 Å². The van der Waals surface area contributed by atoms with Crippen LogP contribution >= 0.6 is 0 Å². The highest BCUT2D eigenvalue weighted by Gasteiger charge is 2.39. The first kappa shape index (κ1) is 16.4. The van der Waals surface area contributed by atoms with Gasteiger partial charge in [0.25, 0.3) is 0 Å². The molecule has 1 saturated heterocycles. The summed E-state index contributed by atoms with van der Waals surface area (Å²) < 4.78 is 26.7. The van der Waals surface area contributed by atoms with Crippen LogP contribution in [0.25, 0.3) is 0 Å². The maximum atomic E-state index is 12.7. The van der Waals surface area contributed by atoms with Gasteiger partial charge in [-0.15, -0.1) is 0 Å². The van der Waals surface area contributed by atoms with Crippen LogP contribution in [-0.4, -0.2) is 41.4 Å². The molecule has 1 aromatic heterocycles. The molecule has 2 heterocycles. The molecule has 1 aromatic rings. The zero-order valence-electron chi connectivity index (χ0n) is 12.4. The van der Waals surface area contributed by atoms with E-state index in [-0.39, 0.29) is 17.0 Å². The third-order valence-electron chi connectivity index (χ3n) is 4.04. The van der Waals surface area contributed by atoms with Crippen LogP contribution in [0.2, 0.25) is 0 Å². The molecular weight excluding hydrogens is 306 g/mol. The number of carbonyl (C=O) groups is 1. The number of aliphatic carboxylic acids is 1. The molecule has 8 heteroatoms. The van der Waals surface area contributed by atoms with E-state index < -0.39 is 28.0 Å². The molecule has 0 aliphatic carbocycles. The van der Waals surface area contributed by atoms with Crippen LogP contribution in [-0.2, 0) is 14.8 Å². The Balaban J connectivity index is 2.42. The van der Waals surface area contributed by atoms with Gasteiger partial charge < -0.3 is 5.11 Å². The molecule has 0 unspecified atom stereocenters. The Morgan fingerprint density at radius 2 is 2.23 bits per heavy atom. The third-order valence-corrected chi connectivity index (χ3v) is 5.99. The van der Waals surface area contributed by atoms with Crippen molar-refractivity contribution in [2.45, 2.75) is 37.6 Å². The van der Waals surface area contributed by atoms with Crippen LogP contribution in [0.3, 0.4) is 0 Å². The summed E-state index contributed by atoms with van der Waals surface area (Å²) in [5.74, 6) is -1.72. The number of pyridine rings is 1. The van der Waals surface area contributed by atoms with Gasteiger partial charge in [0.1, 0.15) is 11.0 Å². The van der Waals surface area contributed by atoms with Gasteiger partial charge in [-0.25, -0.2) is 8.42 Å². The zero-order chi connectivity index (χ0) is 16.5. The molecule has 0 aromatic carbocycles. The Morgan fingerprint density at radius 3 is 2.82 bits per heavy atom. The maximum Gasteiger partial charge on any atom is 0.308 e. The van der Waals surface area contributed by atoms with Crippen molar-refractivity contribution in [1.29, 1.82) is 5.26 Å². The Hall–Kier alpha value is -1.98. The van der Waals surface area contributed by atoms with Crippen LogP contribution in [0.15, 0.2) is 17.2 Å². The van der Waals surface area contributed by atoms with Crippen LogP contribution in [0.1, 0.15) is 31.0 Å². The van der Waals surface area contributed by atoms with Crippen molar-refractivity contribution < 1.29 is 18.3 Å². The number of aryl methyl sites for hydroxylation is 1. The summed E-state index contributed by atoms with van der Waals surface area (Å²) in [4.78, 5) is 15.1. The number of nitriles is 1. The van der Waals surface area contributed by atoms with E-state index in [0.717, 1.165) is 0 Å². The molecule has 0 saturated carbocycles. The van der Waals surface area contributed by atoms with Crippen molar-refractivity contribution in [3.8, 4) is 6.07 Å². The summed E-state index contributed by atoms with van der Waals surface area (Å²) in [5, 5.41) is 18.2. The van der Waals surface area contributed by atoms with E-state index in [0.29, 0.717) is 18.5 Å². The molecule has 22 heavy (non-hydrogen) atoms. The Kier molecular flexibility index (Phi) is 4.49. The van der Waals surface area contributed by atoms with Gasteiger partial charge in [0.15, 0.2) is 0 Å². The first-order valence-electron chi connectivity index (χ1n) is 6.90. The minimum atomic E-state index is -3.87. The lowest BCUT2D eigenvalue weighted by atomic mass is 9.92. The Labute approximate surface area is 129 Å². The van der Waals surface area contributed by atoms with Gasteiger partial charge in [-0.2, -0.15) is 9.57 Å². The molecule has 0 radical (unpaired) electrons. The number of piperidine rings is 1. The monoisotopic (exact) mass is 323 g/mol. The van der Waals surface area contributed by atoms with Gasteiger partial charge in [-0.1, -0.05) is 0 Å². The molecule has 1 aliphatic heterocycles. The number of hydrogen-bond donors (Lipinski definition) is 1. The van der Waals surface area contributed by atoms with Crippen molar-refractivity contribution in [2.24, 2.45) is 5.92 Å². The molecule has 7 nitrogen and oxygen atoms in total. The molecule has 1 aliphatic rings. The van der Waals surface area contributed by atoms with Crippen molar-refractivity contribution in [3.63, 3.8) is 0 Å². The van der Waals surface area contributed by atoms with Crippen LogP contribution < -0.4 is 0 Å². The van der Waals surface area contributed by atoms with Crippen molar-refractivity contribution in [3.05, 3.63) is 23.5 Å². The fourth-order valence-electron chi connectivity index (χ4n) is 2.69. The number of sulfonamides is 1. The topological polar surface area (TPSA) is 111 Å². The number of nitrogens with zero attached hydrogens (tertiary/aromatic N) is 3. The van der Waals surface area contributed by atoms with E-state index in [1.165, 1.54) is 16.6 Å². The zero-order valence-corrected chi connectivity index (χ0v) is 13.2. The van der Waals surface area contributed by atoms with E-state index in [1.807, 2.05) is 6.07 Å². The summed E-state index contributed by atoms with van der Waals surface area (Å²) in [6.45, 7) is 3.49. The number of rotatable bonds is 3. The molecule has 118 valence electrons. The molecular formula is C14H17N3O4S. The van der Waals surface area contributed by atoms with E-state index in [4.69, 9.17) is 5.26 Å². The van der Waals surface area contributed by atoms with Gasteiger partial charge >= 0.3 is 5.97 Å². The fourth-order valence-corrected chi connectivity index (χ4v) is 4.36. The number of aromatic nitrogens is 1. The highest BCUT2D eigenvalue weighted by molar-refractivity contribution is 7.89. The molecule has 2 atom stereocenters. The normalized spacial score (nSPS) is 23.0. The molecule has 1 N–H and O–H groups in total. The van der Waals surface area contributed by atoms with Crippen LogP contribution in [0, 0.1) is 24.2 Å². The smallest absolute Gasteiger partial charge is 0.308 e. The molecule has 0 amide bonds. The lowest BCUT2D eigenvalue weighted by Gasteiger charge is -2.36. The van der Waals surface area contributed by atoms with E-state index >= 15 is 0 Å². The standard InChI is InChI=1S/C14H17N3O4S/c1-9-11(7-15)6-12(8-16-9)22(20,21)17-5-3-4-13(10(17)2)14(18)19/h6,8,10,13H,3-5H2,1-2H3,(H,18,19)/t10-,13-/m1/s1. The quantitative estimate of drug-likeness (QED) is 0.892. The summed E-state index contributed by atoms with van der Waals surface area (Å²) in [6, 6.07) is 2.56. The first-order chi connectivity index (χ1) is 10.3. The fraction of sp³-hybridized carbons (Fsp3) is 0.500. The Bertz CT molecular complexity index is 739. The lowest BCUT2D eigenvalue weighted by molar-refractivity contribution is -0.144. The van der Waals surface area contributed by atoms with E-state index in [9.17, 15) is 18.3 Å². The summed E-state index contributed by atoms with van der Waals surface area (Å²) >= 11 is 0. The predicted octanol–water partition coefficient (Wildman–Crippen LogP) is 1.14. The second-order valence-electron chi connectivity index (χ2n) is 5.36. The summed E-state index contributed by atoms with van der Waals surface area (Å²) in [5.41, 5.74) is 0.650. The predicted molar refractivity (Wildman–Crippen MR) is 77.4 cm³/mol. The van der Waals surface area contributed by atoms with Crippen molar-refractivity contribution >= 4 is 16.0 Å². The molecule has 1 fully saturated rings. The largest absolute Gasteiger partial charge is 0.481 e. The Morgan fingerprint density at radius 1 is 1.55 bits per heavy atom. The molecule has 0 bridgehead atoms. The average molecular weight is 323 g/mol. The van der Waals surface area contributed by atoms with Gasteiger partial charge in [0.2, 0.25) is 10.0 Å². The maximum absolute atomic E-state index is 12.7. The summed E-state index contributed by atoms with van der Waals surface area (Å²) in [7, 11) is -3.87. The SMILES string of the molecule is Cc1ncc(S(=O)(=O)N2CCC[C@@H](C(=O)O)[C@H]2C)cc1C#N. The minimum absolute atomic E-state index is 0.0764. The summed E-state index contributed by atoms with van der Waals surface area (Å²) in [6.07, 6.45) is 2.16. The second-order valence-corrected chi connectivity index (χ2v) is 7.25. The van der Waals surface area contributed by atoms with Gasteiger partial charge in [0, 0.05) is 18.8 Å². The average Bonchev–Trinajstić information content (AvgIpc) is 2.47. The van der Waals surface area contributed by atoms with Crippen LogP contribution in [0.4, 0.5) is 0 Å². The van der Waals surface area contributed by atoms with Crippen LogP contribution in [0.5, 0.6) is 0 Å². The highest BCUT2D eigenvalue weighted by Crippen LogP contribution is 2.29. The number of hydrogen-bond acceptors (Lipinski definition) is 5. The second kappa shape index (κ2) is 6.02. The van der Waals surface area contributed by atoms with Gasteiger partial charge in [0.05, 0.1) is 17.2 Å². The van der Waals surface area contributed by atoms with Gasteiger partial charge in [-0.3, -0.25) is 9.78 Å². The molecule has 2 rings (SSSR count). The highest BCUT2D eigenvalue weighted by atomic mass is 32.2. The van der Waals surface area contributed by atoms with Crippen molar-refractivity contribution in [2.75, 3.05) is 6.54 Å². The van der Waals surface area contributed by atoms with E-state index in [1.54, 1.807) is 13.8 Å². The van der Waals surface area contributed by atoms with E-state index in [2.05, 4.69) is 4.98 Å². The third kappa shape index (κ3) is 2.82. The lowest BCUT2D eigenvalue weighted by Crippen LogP contribution is -2.49. The number of carboxylic acid groups (broad SMARTS) is 1. The molecule has 0 spiro atoms. The minimum Gasteiger partial charge on any atom is -0.481 e. The van der Waals surface area contributed by atoms with Gasteiger partial charge in [-0.05, 0) is 32.8 Å². The first-order valence-corrected chi connectivity index (χ1v) is 8.34.